The van der Waals surface area contributed by atoms with Crippen LogP contribution >= 0.6 is 15.9 Å². The molecule has 2 unspecified atom stereocenters. The summed E-state index contributed by atoms with van der Waals surface area (Å²) in [5.41, 5.74) is 1.17. The summed E-state index contributed by atoms with van der Waals surface area (Å²) in [6.07, 6.45) is 0. The van der Waals surface area contributed by atoms with Crippen molar-refractivity contribution in [3.8, 4) is 0 Å². The molecule has 1 amide bonds. The number of morpholine rings is 1. The standard InChI is InChI=1S/C15H21BrN2O2/c1-11(13-4-3-5-14(16)10-13)17-12(2)15(19)18-6-8-20-9-7-18/h3-5,10-12,17H,6-9H2,1-2H3. The number of rotatable bonds is 4. The zero-order valence-corrected chi connectivity index (χ0v) is 13.5. The molecular formula is C15H21BrN2O2. The van der Waals surface area contributed by atoms with E-state index in [1.54, 1.807) is 0 Å². The van der Waals surface area contributed by atoms with Crippen molar-refractivity contribution in [3.05, 3.63) is 34.3 Å². The molecule has 1 aromatic carbocycles. The van der Waals surface area contributed by atoms with Crippen LogP contribution < -0.4 is 5.32 Å². The van der Waals surface area contributed by atoms with Gasteiger partial charge in [0.05, 0.1) is 19.3 Å². The fraction of sp³-hybridized carbons (Fsp3) is 0.533. The summed E-state index contributed by atoms with van der Waals surface area (Å²) in [6.45, 7) is 6.66. The molecule has 1 N–H and O–H groups in total. The van der Waals surface area contributed by atoms with Gasteiger partial charge in [0.15, 0.2) is 0 Å². The molecule has 1 fully saturated rings. The Kier molecular flexibility index (Phi) is 5.57. The fourth-order valence-electron chi connectivity index (χ4n) is 2.38. The van der Waals surface area contributed by atoms with Gasteiger partial charge in [-0.15, -0.1) is 0 Å². The number of carbonyl (C=O) groups is 1. The summed E-state index contributed by atoms with van der Waals surface area (Å²) < 4.78 is 6.33. The normalized spacial score (nSPS) is 18.6. The van der Waals surface area contributed by atoms with Gasteiger partial charge in [-0.3, -0.25) is 10.1 Å². The highest BCUT2D eigenvalue weighted by molar-refractivity contribution is 9.10. The number of hydrogen-bond donors (Lipinski definition) is 1. The Hall–Kier alpha value is -0.910. The summed E-state index contributed by atoms with van der Waals surface area (Å²) in [4.78, 5) is 14.2. The minimum atomic E-state index is -0.193. The molecule has 4 nitrogen and oxygen atoms in total. The van der Waals surface area contributed by atoms with Crippen LogP contribution in [0.3, 0.4) is 0 Å². The molecule has 1 saturated heterocycles. The molecule has 1 heterocycles. The lowest BCUT2D eigenvalue weighted by Crippen LogP contribution is -2.49. The van der Waals surface area contributed by atoms with E-state index in [-0.39, 0.29) is 18.0 Å². The molecule has 0 bridgehead atoms. The molecule has 0 spiro atoms. The highest BCUT2D eigenvalue weighted by Crippen LogP contribution is 2.18. The number of hydrogen-bond acceptors (Lipinski definition) is 3. The summed E-state index contributed by atoms with van der Waals surface area (Å²) in [5.74, 6) is 0.148. The van der Waals surface area contributed by atoms with E-state index in [9.17, 15) is 4.79 Å². The Balaban J connectivity index is 1.92. The number of nitrogens with one attached hydrogen (secondary N) is 1. The maximum absolute atomic E-state index is 12.3. The zero-order chi connectivity index (χ0) is 14.5. The van der Waals surface area contributed by atoms with Crippen molar-refractivity contribution in [1.82, 2.24) is 10.2 Å². The third-order valence-electron chi connectivity index (χ3n) is 3.54. The number of carbonyl (C=O) groups excluding carboxylic acids is 1. The summed E-state index contributed by atoms with van der Waals surface area (Å²) >= 11 is 3.47. The van der Waals surface area contributed by atoms with Gasteiger partial charge in [0, 0.05) is 23.6 Å². The highest BCUT2D eigenvalue weighted by atomic mass is 79.9. The summed E-state index contributed by atoms with van der Waals surface area (Å²) in [6, 6.07) is 8.08. The van der Waals surface area contributed by atoms with E-state index in [1.807, 2.05) is 24.0 Å². The SMILES string of the molecule is CC(NC(C)c1cccc(Br)c1)C(=O)N1CCOCC1. The van der Waals surface area contributed by atoms with Gasteiger partial charge in [-0.1, -0.05) is 28.1 Å². The lowest BCUT2D eigenvalue weighted by Gasteiger charge is -2.30. The van der Waals surface area contributed by atoms with Crippen LogP contribution in [0.4, 0.5) is 0 Å². The minimum absolute atomic E-state index is 0.132. The molecule has 2 atom stereocenters. The maximum Gasteiger partial charge on any atom is 0.239 e. The monoisotopic (exact) mass is 340 g/mol. The molecule has 20 heavy (non-hydrogen) atoms. The Morgan fingerprint density at radius 2 is 2.05 bits per heavy atom. The second-order valence-corrected chi connectivity index (χ2v) is 6.02. The molecule has 0 aromatic heterocycles. The van der Waals surface area contributed by atoms with Gasteiger partial charge in [0.2, 0.25) is 5.91 Å². The predicted octanol–water partition coefficient (Wildman–Crippen LogP) is 2.35. The molecule has 0 radical (unpaired) electrons. The van der Waals surface area contributed by atoms with E-state index < -0.39 is 0 Å². The second-order valence-electron chi connectivity index (χ2n) is 5.10. The first-order chi connectivity index (χ1) is 9.58. The molecule has 0 saturated carbocycles. The number of ether oxygens (including phenoxy) is 1. The highest BCUT2D eigenvalue weighted by Gasteiger charge is 2.23. The van der Waals surface area contributed by atoms with E-state index >= 15 is 0 Å². The van der Waals surface area contributed by atoms with Crippen LogP contribution in [0, 0.1) is 0 Å². The molecular weight excluding hydrogens is 320 g/mol. The van der Waals surface area contributed by atoms with Gasteiger partial charge in [-0.2, -0.15) is 0 Å². The van der Waals surface area contributed by atoms with Crippen LogP contribution in [0.2, 0.25) is 0 Å². The Labute approximate surface area is 128 Å². The third-order valence-corrected chi connectivity index (χ3v) is 4.04. The number of nitrogens with zero attached hydrogens (tertiary/aromatic N) is 1. The molecule has 5 heteroatoms. The predicted molar refractivity (Wildman–Crippen MR) is 82.6 cm³/mol. The summed E-state index contributed by atoms with van der Waals surface area (Å²) in [7, 11) is 0. The number of benzene rings is 1. The Bertz CT molecular complexity index is 461. The first-order valence-corrected chi connectivity index (χ1v) is 7.75. The Morgan fingerprint density at radius 1 is 1.35 bits per heavy atom. The first-order valence-electron chi connectivity index (χ1n) is 6.96. The van der Waals surface area contributed by atoms with Gasteiger partial charge in [0.1, 0.15) is 0 Å². The van der Waals surface area contributed by atoms with E-state index in [4.69, 9.17) is 4.74 Å². The lowest BCUT2D eigenvalue weighted by atomic mass is 10.1. The van der Waals surface area contributed by atoms with E-state index in [2.05, 4.69) is 40.3 Å². The van der Waals surface area contributed by atoms with Crippen molar-refractivity contribution in [2.75, 3.05) is 26.3 Å². The van der Waals surface area contributed by atoms with Crippen LogP contribution in [0.25, 0.3) is 0 Å². The van der Waals surface area contributed by atoms with Crippen molar-refractivity contribution in [2.45, 2.75) is 25.9 Å². The van der Waals surface area contributed by atoms with E-state index in [0.29, 0.717) is 26.3 Å². The molecule has 110 valence electrons. The first kappa shape index (κ1) is 15.5. The Morgan fingerprint density at radius 3 is 2.70 bits per heavy atom. The van der Waals surface area contributed by atoms with Gasteiger partial charge < -0.3 is 9.64 Å². The minimum Gasteiger partial charge on any atom is -0.378 e. The van der Waals surface area contributed by atoms with Crippen molar-refractivity contribution in [3.63, 3.8) is 0 Å². The van der Waals surface area contributed by atoms with Crippen LogP contribution in [0.15, 0.2) is 28.7 Å². The van der Waals surface area contributed by atoms with Gasteiger partial charge in [0.25, 0.3) is 0 Å². The van der Waals surface area contributed by atoms with Crippen LogP contribution in [-0.4, -0.2) is 43.2 Å². The molecule has 2 rings (SSSR count). The second kappa shape index (κ2) is 7.20. The molecule has 1 aliphatic heterocycles. The zero-order valence-electron chi connectivity index (χ0n) is 11.9. The van der Waals surface area contributed by atoms with Crippen molar-refractivity contribution in [2.24, 2.45) is 0 Å². The average molecular weight is 341 g/mol. The third kappa shape index (κ3) is 4.04. The van der Waals surface area contributed by atoms with Gasteiger partial charge >= 0.3 is 0 Å². The fourth-order valence-corrected chi connectivity index (χ4v) is 2.79. The number of amides is 1. The van der Waals surface area contributed by atoms with Crippen molar-refractivity contribution in [1.29, 1.82) is 0 Å². The topological polar surface area (TPSA) is 41.6 Å². The molecule has 1 aliphatic rings. The van der Waals surface area contributed by atoms with Crippen LogP contribution in [-0.2, 0) is 9.53 Å². The van der Waals surface area contributed by atoms with Crippen LogP contribution in [0.5, 0.6) is 0 Å². The van der Waals surface area contributed by atoms with Crippen LogP contribution in [0.1, 0.15) is 25.5 Å². The largest absolute Gasteiger partial charge is 0.378 e. The lowest BCUT2D eigenvalue weighted by molar-refractivity contribution is -0.137. The van der Waals surface area contributed by atoms with Gasteiger partial charge in [-0.25, -0.2) is 0 Å². The van der Waals surface area contributed by atoms with E-state index in [0.717, 1.165) is 4.47 Å². The smallest absolute Gasteiger partial charge is 0.239 e. The number of halogens is 1. The van der Waals surface area contributed by atoms with E-state index in [1.165, 1.54) is 5.56 Å². The molecule has 0 aliphatic carbocycles. The summed E-state index contributed by atoms with van der Waals surface area (Å²) in [5, 5.41) is 3.37. The van der Waals surface area contributed by atoms with Crippen molar-refractivity contribution < 1.29 is 9.53 Å². The van der Waals surface area contributed by atoms with Crippen molar-refractivity contribution >= 4 is 21.8 Å². The molecule has 1 aromatic rings. The van der Waals surface area contributed by atoms with Gasteiger partial charge in [-0.05, 0) is 31.5 Å². The quantitative estimate of drug-likeness (QED) is 0.914. The maximum atomic E-state index is 12.3. The average Bonchev–Trinajstić information content (AvgIpc) is 2.47.